The second kappa shape index (κ2) is 9.96. The van der Waals surface area contributed by atoms with E-state index in [1.165, 1.54) is 22.5 Å². The molecule has 1 aliphatic heterocycles. The molecule has 1 N–H and O–H groups in total. The predicted octanol–water partition coefficient (Wildman–Crippen LogP) is 2.23. The van der Waals surface area contributed by atoms with E-state index in [1.54, 1.807) is 50.4 Å². The van der Waals surface area contributed by atoms with Crippen LogP contribution in [0.3, 0.4) is 0 Å². The van der Waals surface area contributed by atoms with Crippen molar-refractivity contribution in [2.45, 2.75) is 38.8 Å². The molecule has 1 saturated carbocycles. The number of Topliss-reactive ketones (excluding diaryl/α,β-unsaturated/α-hetero) is 1. The second-order valence-electron chi connectivity index (χ2n) is 10.7. The lowest BCUT2D eigenvalue weighted by atomic mass is 10.2. The van der Waals surface area contributed by atoms with Crippen molar-refractivity contribution in [1.82, 2.24) is 28.7 Å². The summed E-state index contributed by atoms with van der Waals surface area (Å²) in [5.41, 5.74) is -0.0270. The molecule has 218 valence electrons. The van der Waals surface area contributed by atoms with Crippen molar-refractivity contribution in [3.63, 3.8) is 0 Å². The molecular weight excluding hydrogens is 550 g/mol. The Balaban J connectivity index is 1.20. The lowest BCUT2D eigenvalue weighted by Crippen LogP contribution is -2.41. The fourth-order valence-electron chi connectivity index (χ4n) is 5.45. The van der Waals surface area contributed by atoms with E-state index < -0.39 is 41.0 Å². The van der Waals surface area contributed by atoms with Crippen molar-refractivity contribution in [3.8, 4) is 11.3 Å². The lowest BCUT2D eigenvalue weighted by Gasteiger charge is -2.20. The Morgan fingerprint density at radius 2 is 1.86 bits per heavy atom. The molecule has 1 saturated heterocycles. The van der Waals surface area contributed by atoms with Crippen LogP contribution >= 0.6 is 0 Å². The molecule has 4 aromatic heterocycles. The van der Waals surface area contributed by atoms with Gasteiger partial charge >= 0.3 is 5.69 Å². The standard InChI is InChI=1S/C28H28F2N8O4/c1-4-17(39)11-37-26(41)23-24(35(3)27(37)42)32-14-38(23)15(2)25(40)34-21-7-5-6-20(33-21)16-8-9-22(31-10-16)36-12-18-19(13-36)28(18,29)30/h5-10,14-15,18-19H,4,11-13H2,1-3H3,(H,33,34,40)/t15-,18?,19?/m0/s1. The summed E-state index contributed by atoms with van der Waals surface area (Å²) in [7, 11) is 1.45. The SMILES string of the molecule is CCC(=O)Cn1c(=O)c2c(ncn2[C@@H](C)C(=O)Nc2cccc(-c3ccc(N4CC5C(C4)C5(F)F)nc3)n2)n(C)c1=O. The van der Waals surface area contributed by atoms with E-state index in [9.17, 15) is 28.0 Å². The molecule has 14 heteroatoms. The van der Waals surface area contributed by atoms with Gasteiger partial charge in [0.15, 0.2) is 16.9 Å². The Labute approximate surface area is 237 Å². The molecule has 6 rings (SSSR count). The van der Waals surface area contributed by atoms with Gasteiger partial charge in [0.1, 0.15) is 17.7 Å². The first-order chi connectivity index (χ1) is 20.0. The summed E-state index contributed by atoms with van der Waals surface area (Å²) in [6.07, 6.45) is 3.09. The molecule has 0 spiro atoms. The van der Waals surface area contributed by atoms with Gasteiger partial charge in [0.25, 0.3) is 11.5 Å². The number of hydrogen-bond donors (Lipinski definition) is 1. The van der Waals surface area contributed by atoms with Gasteiger partial charge < -0.3 is 14.8 Å². The summed E-state index contributed by atoms with van der Waals surface area (Å²) < 4.78 is 30.5. The first-order valence-electron chi connectivity index (χ1n) is 13.6. The average Bonchev–Trinajstić information content (AvgIpc) is 3.41. The van der Waals surface area contributed by atoms with Crippen molar-refractivity contribution in [2.24, 2.45) is 18.9 Å². The van der Waals surface area contributed by atoms with Gasteiger partial charge in [0.2, 0.25) is 5.91 Å². The second-order valence-corrected chi connectivity index (χ2v) is 10.7. The number of hydrogen-bond acceptors (Lipinski definition) is 8. The Kier molecular flexibility index (Phi) is 6.50. The fourth-order valence-corrected chi connectivity index (χ4v) is 5.45. The van der Waals surface area contributed by atoms with E-state index in [0.717, 1.165) is 4.57 Å². The van der Waals surface area contributed by atoms with Gasteiger partial charge in [-0.1, -0.05) is 13.0 Å². The van der Waals surface area contributed by atoms with E-state index in [2.05, 4.69) is 20.3 Å². The highest BCUT2D eigenvalue weighted by Crippen LogP contribution is 2.59. The van der Waals surface area contributed by atoms with Crippen LogP contribution in [0.25, 0.3) is 22.4 Å². The van der Waals surface area contributed by atoms with Crippen LogP contribution in [0.4, 0.5) is 20.4 Å². The minimum Gasteiger partial charge on any atom is -0.356 e. The minimum atomic E-state index is -2.56. The lowest BCUT2D eigenvalue weighted by molar-refractivity contribution is -0.120. The van der Waals surface area contributed by atoms with Crippen molar-refractivity contribution < 1.29 is 18.4 Å². The van der Waals surface area contributed by atoms with Crippen LogP contribution in [0.15, 0.2) is 52.4 Å². The number of carbonyl (C=O) groups excluding carboxylic acids is 2. The maximum absolute atomic E-state index is 13.5. The summed E-state index contributed by atoms with van der Waals surface area (Å²) in [4.78, 5) is 66.2. The Hall–Kier alpha value is -4.75. The summed E-state index contributed by atoms with van der Waals surface area (Å²) >= 11 is 0. The third-order valence-corrected chi connectivity index (χ3v) is 8.15. The van der Waals surface area contributed by atoms with Crippen LogP contribution in [-0.4, -0.2) is 59.4 Å². The van der Waals surface area contributed by atoms with E-state index in [-0.39, 0.29) is 48.8 Å². The van der Waals surface area contributed by atoms with Crippen LogP contribution < -0.4 is 21.5 Å². The number of pyridine rings is 2. The van der Waals surface area contributed by atoms with E-state index >= 15 is 0 Å². The molecule has 2 aliphatic rings. The molecule has 1 amide bonds. The summed E-state index contributed by atoms with van der Waals surface area (Å²) in [5, 5.41) is 2.75. The molecule has 4 aromatic rings. The Morgan fingerprint density at radius 3 is 2.52 bits per heavy atom. The van der Waals surface area contributed by atoms with Gasteiger partial charge in [-0.15, -0.1) is 0 Å². The number of aromatic nitrogens is 6. The number of aryl methyl sites for hydroxylation is 1. The zero-order valence-corrected chi connectivity index (χ0v) is 23.1. The third-order valence-electron chi connectivity index (χ3n) is 8.15. The van der Waals surface area contributed by atoms with Crippen LogP contribution in [0.1, 0.15) is 26.3 Å². The molecule has 1 aliphatic carbocycles. The number of piperidine rings is 1. The number of carbonyl (C=O) groups is 2. The molecule has 0 radical (unpaired) electrons. The van der Waals surface area contributed by atoms with Gasteiger partial charge in [-0.05, 0) is 31.2 Å². The molecule has 2 unspecified atom stereocenters. The number of halogens is 2. The number of nitrogens with zero attached hydrogens (tertiary/aromatic N) is 7. The smallest absolute Gasteiger partial charge is 0.332 e. The van der Waals surface area contributed by atoms with E-state index in [0.29, 0.717) is 17.1 Å². The Morgan fingerprint density at radius 1 is 1.12 bits per heavy atom. The normalized spacial score (nSPS) is 19.5. The van der Waals surface area contributed by atoms with Crippen LogP contribution in [-0.2, 0) is 23.2 Å². The molecule has 5 heterocycles. The minimum absolute atomic E-state index is 0.0237. The van der Waals surface area contributed by atoms with Crippen molar-refractivity contribution in [2.75, 3.05) is 23.3 Å². The zero-order valence-electron chi connectivity index (χ0n) is 23.1. The van der Waals surface area contributed by atoms with E-state index in [1.807, 2.05) is 4.90 Å². The maximum Gasteiger partial charge on any atom is 0.332 e. The van der Waals surface area contributed by atoms with Crippen molar-refractivity contribution in [3.05, 3.63) is 63.7 Å². The monoisotopic (exact) mass is 578 g/mol. The third kappa shape index (κ3) is 4.46. The predicted molar refractivity (Wildman–Crippen MR) is 149 cm³/mol. The summed E-state index contributed by atoms with van der Waals surface area (Å²) in [6.45, 7) is 3.42. The summed E-state index contributed by atoms with van der Waals surface area (Å²) in [5.74, 6) is -3.62. The quantitative estimate of drug-likeness (QED) is 0.336. The molecule has 0 bridgehead atoms. The first-order valence-corrected chi connectivity index (χ1v) is 13.6. The molecule has 2 fully saturated rings. The van der Waals surface area contributed by atoms with Gasteiger partial charge in [-0.3, -0.25) is 23.5 Å². The molecular formula is C28H28F2N8O4. The first kappa shape index (κ1) is 27.4. The molecule has 0 aromatic carbocycles. The number of amides is 1. The number of imidazole rings is 1. The maximum atomic E-state index is 13.5. The van der Waals surface area contributed by atoms with Crippen LogP contribution in [0, 0.1) is 11.8 Å². The molecule has 42 heavy (non-hydrogen) atoms. The number of ketones is 1. The largest absolute Gasteiger partial charge is 0.356 e. The van der Waals surface area contributed by atoms with E-state index in [4.69, 9.17) is 0 Å². The molecule has 12 nitrogen and oxygen atoms in total. The van der Waals surface area contributed by atoms with Gasteiger partial charge in [0, 0.05) is 38.3 Å². The highest BCUT2D eigenvalue weighted by molar-refractivity contribution is 5.93. The topological polar surface area (TPSA) is 137 Å². The highest BCUT2D eigenvalue weighted by atomic mass is 19.3. The zero-order chi connectivity index (χ0) is 29.9. The Bertz CT molecular complexity index is 1830. The number of fused-ring (bicyclic) bond motifs is 2. The van der Waals surface area contributed by atoms with Gasteiger partial charge in [0.05, 0.1) is 30.4 Å². The highest BCUT2D eigenvalue weighted by Gasteiger charge is 2.71. The van der Waals surface area contributed by atoms with Crippen LogP contribution in [0.5, 0.6) is 0 Å². The summed E-state index contributed by atoms with van der Waals surface area (Å²) in [6, 6.07) is 7.75. The van der Waals surface area contributed by atoms with Gasteiger partial charge in [-0.2, -0.15) is 0 Å². The van der Waals surface area contributed by atoms with Gasteiger partial charge in [-0.25, -0.2) is 28.5 Å². The number of nitrogens with one attached hydrogen (secondary N) is 1. The van der Waals surface area contributed by atoms with Crippen molar-refractivity contribution >= 4 is 34.5 Å². The number of rotatable bonds is 8. The number of anilines is 2. The average molecular weight is 579 g/mol. The van der Waals surface area contributed by atoms with Crippen LogP contribution in [0.2, 0.25) is 0 Å². The van der Waals surface area contributed by atoms with Crippen molar-refractivity contribution in [1.29, 1.82) is 0 Å². The molecule has 3 atom stereocenters. The fraction of sp³-hybridized carbons (Fsp3) is 0.393. The number of alkyl halides is 2.